The molecule has 0 aliphatic heterocycles. The van der Waals surface area contributed by atoms with E-state index in [4.69, 9.17) is 4.42 Å². The van der Waals surface area contributed by atoms with Crippen LogP contribution in [0.15, 0.2) is 27.8 Å². The summed E-state index contributed by atoms with van der Waals surface area (Å²) in [7, 11) is 0. The Hall–Kier alpha value is -0.760. The molecule has 0 radical (unpaired) electrons. The van der Waals surface area contributed by atoms with Gasteiger partial charge in [0.1, 0.15) is 11.9 Å². The third-order valence-corrected chi connectivity index (χ3v) is 4.32. The number of halogens is 1. The summed E-state index contributed by atoms with van der Waals surface area (Å²) in [4.78, 5) is 4.48. The molecular formula is C17H30IN3O2. The Bertz CT molecular complexity index is 464. The molecule has 0 bridgehead atoms. The second-order valence-corrected chi connectivity index (χ2v) is 6.83. The van der Waals surface area contributed by atoms with Crippen molar-refractivity contribution in [1.82, 2.24) is 10.6 Å². The molecule has 0 aromatic carbocycles. The first-order valence-electron chi connectivity index (χ1n) is 8.26. The van der Waals surface area contributed by atoms with Gasteiger partial charge in [-0.15, -0.1) is 24.0 Å². The molecule has 1 fully saturated rings. The quantitative estimate of drug-likeness (QED) is 0.377. The predicted molar refractivity (Wildman–Crippen MR) is 104 cm³/mol. The zero-order chi connectivity index (χ0) is 16.0. The number of guanidine groups is 1. The minimum absolute atomic E-state index is 0. The van der Waals surface area contributed by atoms with E-state index >= 15 is 0 Å². The van der Waals surface area contributed by atoms with Gasteiger partial charge in [-0.2, -0.15) is 0 Å². The van der Waals surface area contributed by atoms with E-state index in [2.05, 4.69) is 29.5 Å². The van der Waals surface area contributed by atoms with Crippen molar-refractivity contribution in [3.63, 3.8) is 0 Å². The first-order chi connectivity index (χ1) is 10.5. The molecule has 1 atom stereocenters. The summed E-state index contributed by atoms with van der Waals surface area (Å²) < 4.78 is 5.20. The van der Waals surface area contributed by atoms with Crippen LogP contribution in [0.5, 0.6) is 0 Å². The monoisotopic (exact) mass is 435 g/mol. The summed E-state index contributed by atoms with van der Waals surface area (Å²) in [5.74, 6) is 1.33. The predicted octanol–water partition coefficient (Wildman–Crippen LogP) is 3.45. The smallest absolute Gasteiger partial charge is 0.191 e. The number of furan rings is 1. The zero-order valence-corrected chi connectivity index (χ0v) is 16.7. The maximum absolute atomic E-state index is 10.0. The van der Waals surface area contributed by atoms with Crippen LogP contribution >= 0.6 is 24.0 Å². The first-order valence-corrected chi connectivity index (χ1v) is 8.26. The van der Waals surface area contributed by atoms with Crippen LogP contribution in [-0.4, -0.2) is 30.2 Å². The van der Waals surface area contributed by atoms with Crippen molar-refractivity contribution in [3.05, 3.63) is 24.2 Å². The molecule has 6 heteroatoms. The highest BCUT2D eigenvalue weighted by Gasteiger charge is 2.27. The third kappa shape index (κ3) is 6.71. The Balaban J connectivity index is 0.00000264. The van der Waals surface area contributed by atoms with Gasteiger partial charge in [0.25, 0.3) is 0 Å². The van der Waals surface area contributed by atoms with Crippen molar-refractivity contribution in [2.75, 3.05) is 13.1 Å². The summed E-state index contributed by atoms with van der Waals surface area (Å²) in [6, 6.07) is 4.01. The van der Waals surface area contributed by atoms with Crippen molar-refractivity contribution in [1.29, 1.82) is 0 Å². The molecule has 132 valence electrons. The maximum Gasteiger partial charge on any atom is 0.191 e. The summed E-state index contributed by atoms with van der Waals surface area (Å²) >= 11 is 0. The van der Waals surface area contributed by atoms with E-state index in [1.807, 2.05) is 6.92 Å². The third-order valence-electron chi connectivity index (χ3n) is 4.32. The fourth-order valence-corrected chi connectivity index (χ4v) is 2.81. The van der Waals surface area contributed by atoms with Crippen LogP contribution in [0.1, 0.15) is 58.3 Å². The van der Waals surface area contributed by atoms with Gasteiger partial charge in [0, 0.05) is 12.6 Å². The van der Waals surface area contributed by atoms with Gasteiger partial charge in [0.2, 0.25) is 0 Å². The molecule has 1 saturated carbocycles. The Morgan fingerprint density at radius 2 is 2.13 bits per heavy atom. The minimum atomic E-state index is -0.698. The fraction of sp³-hybridized carbons (Fsp3) is 0.706. The molecule has 1 heterocycles. The van der Waals surface area contributed by atoms with Gasteiger partial charge in [-0.05, 0) is 50.2 Å². The second-order valence-electron chi connectivity index (χ2n) is 6.83. The average molecular weight is 435 g/mol. The van der Waals surface area contributed by atoms with Gasteiger partial charge < -0.3 is 20.2 Å². The van der Waals surface area contributed by atoms with Gasteiger partial charge in [-0.1, -0.05) is 13.8 Å². The van der Waals surface area contributed by atoms with Gasteiger partial charge in [-0.3, -0.25) is 4.99 Å². The molecule has 1 aliphatic rings. The molecule has 23 heavy (non-hydrogen) atoms. The molecule has 0 saturated heterocycles. The average Bonchev–Trinajstić information content (AvgIpc) is 3.01. The Kier molecular flexibility index (Phi) is 8.39. The number of rotatable bonds is 5. The Morgan fingerprint density at radius 3 is 2.70 bits per heavy atom. The second kappa shape index (κ2) is 9.52. The van der Waals surface area contributed by atoms with Crippen LogP contribution in [0.3, 0.4) is 0 Å². The van der Waals surface area contributed by atoms with Gasteiger partial charge in [-0.25, -0.2) is 0 Å². The summed E-state index contributed by atoms with van der Waals surface area (Å²) in [6.45, 7) is 7.82. The van der Waals surface area contributed by atoms with Crippen molar-refractivity contribution < 1.29 is 9.52 Å². The van der Waals surface area contributed by atoms with Gasteiger partial charge in [0.15, 0.2) is 5.96 Å². The number of nitrogens with zero attached hydrogens (tertiary/aromatic N) is 1. The van der Waals surface area contributed by atoms with E-state index in [1.54, 1.807) is 18.4 Å². The number of aliphatic imine (C=N–C) groups is 1. The van der Waals surface area contributed by atoms with E-state index in [-0.39, 0.29) is 24.0 Å². The number of aliphatic hydroxyl groups excluding tert-OH is 1. The first kappa shape index (κ1) is 20.3. The Labute approximate surface area is 156 Å². The van der Waals surface area contributed by atoms with E-state index < -0.39 is 6.10 Å². The van der Waals surface area contributed by atoms with Gasteiger partial charge in [0.05, 0.1) is 12.8 Å². The van der Waals surface area contributed by atoms with Crippen LogP contribution < -0.4 is 10.6 Å². The Morgan fingerprint density at radius 1 is 1.43 bits per heavy atom. The SMILES string of the molecule is CCNC(=NCC(O)c1ccco1)NC1CCC(C)(C)CC1.I. The number of aliphatic hydroxyl groups is 1. The highest BCUT2D eigenvalue weighted by atomic mass is 127. The molecule has 0 amide bonds. The fourth-order valence-electron chi connectivity index (χ4n) is 2.81. The minimum Gasteiger partial charge on any atom is -0.467 e. The van der Waals surface area contributed by atoms with Gasteiger partial charge >= 0.3 is 0 Å². The molecule has 0 spiro atoms. The highest BCUT2D eigenvalue weighted by molar-refractivity contribution is 14.0. The molecular weight excluding hydrogens is 405 g/mol. The van der Waals surface area contributed by atoms with E-state index in [9.17, 15) is 5.11 Å². The normalized spacial score (nSPS) is 19.7. The lowest BCUT2D eigenvalue weighted by Gasteiger charge is -2.35. The van der Waals surface area contributed by atoms with Crippen molar-refractivity contribution in [2.24, 2.45) is 10.4 Å². The molecule has 2 rings (SSSR count). The zero-order valence-electron chi connectivity index (χ0n) is 14.3. The molecule has 3 N–H and O–H groups in total. The highest BCUT2D eigenvalue weighted by Crippen LogP contribution is 2.34. The van der Waals surface area contributed by atoms with Crippen LogP contribution in [0.4, 0.5) is 0 Å². The van der Waals surface area contributed by atoms with Crippen molar-refractivity contribution in [2.45, 2.75) is 58.6 Å². The topological polar surface area (TPSA) is 69.8 Å². The number of hydrogen-bond donors (Lipinski definition) is 3. The molecule has 1 aliphatic carbocycles. The summed E-state index contributed by atoms with van der Waals surface area (Å²) in [5.41, 5.74) is 0.461. The molecule has 1 aromatic rings. The number of hydrogen-bond acceptors (Lipinski definition) is 3. The van der Waals surface area contributed by atoms with E-state index in [0.29, 0.717) is 23.8 Å². The molecule has 1 unspecified atom stereocenters. The number of nitrogens with one attached hydrogen (secondary N) is 2. The van der Waals surface area contributed by atoms with E-state index in [1.165, 1.54) is 12.8 Å². The lowest BCUT2D eigenvalue weighted by Crippen LogP contribution is -2.45. The van der Waals surface area contributed by atoms with E-state index in [0.717, 1.165) is 25.3 Å². The van der Waals surface area contributed by atoms with Crippen molar-refractivity contribution in [3.8, 4) is 0 Å². The maximum atomic E-state index is 10.0. The summed E-state index contributed by atoms with van der Waals surface area (Å²) in [5, 5.41) is 16.8. The largest absolute Gasteiger partial charge is 0.467 e. The van der Waals surface area contributed by atoms with Crippen molar-refractivity contribution >= 4 is 29.9 Å². The summed E-state index contributed by atoms with van der Waals surface area (Å²) in [6.07, 6.45) is 5.67. The lowest BCUT2D eigenvalue weighted by atomic mass is 9.75. The lowest BCUT2D eigenvalue weighted by molar-refractivity contribution is 0.158. The molecule has 1 aromatic heterocycles. The van der Waals surface area contributed by atoms with Crippen LogP contribution in [-0.2, 0) is 0 Å². The van der Waals surface area contributed by atoms with Crippen LogP contribution in [0.25, 0.3) is 0 Å². The molecule has 5 nitrogen and oxygen atoms in total. The van der Waals surface area contributed by atoms with Crippen LogP contribution in [0.2, 0.25) is 0 Å². The van der Waals surface area contributed by atoms with Crippen LogP contribution in [0, 0.1) is 5.41 Å². The standard InChI is InChI=1S/C17H29N3O2.HI/c1-4-18-16(19-12-14(21)15-6-5-11-22-15)20-13-7-9-17(2,3)10-8-13;/h5-6,11,13-14,21H,4,7-10,12H2,1-3H3,(H2,18,19,20);1H.